The van der Waals surface area contributed by atoms with Crippen LogP contribution in [0.1, 0.15) is 136 Å². The molecule has 0 aromatic rings. The Morgan fingerprint density at radius 1 is 0.538 bits per heavy atom. The molecule has 2 N–H and O–H groups in total. The van der Waals surface area contributed by atoms with E-state index in [1.165, 1.54) is 109 Å². The molecule has 158 valence electrons. The SMILES string of the molecule is CCCCCCCCCCCCCCCCCCNCC(O)CCCC. The molecule has 1 atom stereocenters. The summed E-state index contributed by atoms with van der Waals surface area (Å²) in [5.41, 5.74) is 0. The minimum absolute atomic E-state index is 0.143. The first kappa shape index (κ1) is 25.9. The summed E-state index contributed by atoms with van der Waals surface area (Å²) < 4.78 is 0. The number of hydrogen-bond donors (Lipinski definition) is 2. The molecule has 0 aromatic carbocycles. The molecule has 2 nitrogen and oxygen atoms in total. The normalized spacial score (nSPS) is 12.6. The van der Waals surface area contributed by atoms with E-state index in [1.54, 1.807) is 0 Å². The third-order valence-electron chi connectivity index (χ3n) is 5.48. The summed E-state index contributed by atoms with van der Waals surface area (Å²) in [6.45, 7) is 6.32. The van der Waals surface area contributed by atoms with Crippen molar-refractivity contribution in [1.29, 1.82) is 0 Å². The molecule has 0 radical (unpaired) electrons. The summed E-state index contributed by atoms with van der Waals surface area (Å²) in [5.74, 6) is 0. The van der Waals surface area contributed by atoms with Gasteiger partial charge < -0.3 is 10.4 Å². The quantitative estimate of drug-likeness (QED) is 0.195. The molecular weight excluding hydrogens is 318 g/mol. The van der Waals surface area contributed by atoms with Crippen LogP contribution in [0.25, 0.3) is 0 Å². The topological polar surface area (TPSA) is 32.3 Å². The molecular formula is C24H51NO. The summed E-state index contributed by atoms with van der Waals surface area (Å²) in [6.07, 6.45) is 25.9. The van der Waals surface area contributed by atoms with E-state index in [4.69, 9.17) is 0 Å². The van der Waals surface area contributed by atoms with Gasteiger partial charge in [-0.25, -0.2) is 0 Å². The molecule has 1 unspecified atom stereocenters. The minimum atomic E-state index is -0.143. The maximum atomic E-state index is 9.75. The van der Waals surface area contributed by atoms with E-state index in [2.05, 4.69) is 19.2 Å². The van der Waals surface area contributed by atoms with Gasteiger partial charge in [0.05, 0.1) is 6.10 Å². The lowest BCUT2D eigenvalue weighted by Gasteiger charge is -2.11. The van der Waals surface area contributed by atoms with Crippen LogP contribution in [0.5, 0.6) is 0 Å². The molecule has 0 rings (SSSR count). The van der Waals surface area contributed by atoms with Crippen LogP contribution in [0.15, 0.2) is 0 Å². The zero-order valence-corrected chi connectivity index (χ0v) is 18.4. The Kier molecular flexibility index (Phi) is 22.9. The van der Waals surface area contributed by atoms with Crippen molar-refractivity contribution in [2.75, 3.05) is 13.1 Å². The van der Waals surface area contributed by atoms with Crippen molar-refractivity contribution in [3.05, 3.63) is 0 Å². The van der Waals surface area contributed by atoms with E-state index in [0.717, 1.165) is 25.9 Å². The van der Waals surface area contributed by atoms with Crippen molar-refractivity contribution in [2.24, 2.45) is 0 Å². The minimum Gasteiger partial charge on any atom is -0.392 e. The molecule has 0 heterocycles. The van der Waals surface area contributed by atoms with Crippen LogP contribution in [-0.2, 0) is 0 Å². The highest BCUT2D eigenvalue weighted by atomic mass is 16.3. The number of nitrogens with one attached hydrogen (secondary N) is 1. The van der Waals surface area contributed by atoms with Crippen molar-refractivity contribution in [3.63, 3.8) is 0 Å². The van der Waals surface area contributed by atoms with Gasteiger partial charge in [0, 0.05) is 6.54 Å². The fraction of sp³-hybridized carbons (Fsp3) is 1.00. The summed E-state index contributed by atoms with van der Waals surface area (Å²) >= 11 is 0. The smallest absolute Gasteiger partial charge is 0.0664 e. The highest BCUT2D eigenvalue weighted by Crippen LogP contribution is 2.13. The van der Waals surface area contributed by atoms with Crippen molar-refractivity contribution in [3.8, 4) is 0 Å². The molecule has 0 fully saturated rings. The first-order valence-electron chi connectivity index (χ1n) is 12.2. The highest BCUT2D eigenvalue weighted by molar-refractivity contribution is 4.59. The Hall–Kier alpha value is -0.0800. The van der Waals surface area contributed by atoms with Gasteiger partial charge in [0.15, 0.2) is 0 Å². The zero-order chi connectivity index (χ0) is 19.1. The predicted molar refractivity (Wildman–Crippen MR) is 118 cm³/mol. The number of aliphatic hydroxyl groups is 1. The van der Waals surface area contributed by atoms with Crippen LogP contribution in [0.2, 0.25) is 0 Å². The molecule has 0 bridgehead atoms. The standard InChI is InChI=1S/C24H51NO/c1-3-5-7-8-9-10-11-12-13-14-15-16-17-18-19-20-22-25-23-24(26)21-6-4-2/h24-26H,3-23H2,1-2H3. The van der Waals surface area contributed by atoms with Gasteiger partial charge in [-0.1, -0.05) is 123 Å². The summed E-state index contributed by atoms with van der Waals surface area (Å²) in [4.78, 5) is 0. The molecule has 2 heteroatoms. The number of aliphatic hydroxyl groups excluding tert-OH is 1. The van der Waals surface area contributed by atoms with Gasteiger partial charge in [-0.2, -0.15) is 0 Å². The van der Waals surface area contributed by atoms with Crippen LogP contribution in [0, 0.1) is 0 Å². The second-order valence-electron chi connectivity index (χ2n) is 8.30. The van der Waals surface area contributed by atoms with E-state index in [-0.39, 0.29) is 6.10 Å². The molecule has 0 saturated heterocycles. The van der Waals surface area contributed by atoms with Gasteiger partial charge in [0.1, 0.15) is 0 Å². The molecule has 26 heavy (non-hydrogen) atoms. The number of unbranched alkanes of at least 4 members (excludes halogenated alkanes) is 16. The summed E-state index contributed by atoms with van der Waals surface area (Å²) in [5, 5.41) is 13.1. The van der Waals surface area contributed by atoms with Crippen molar-refractivity contribution >= 4 is 0 Å². The predicted octanol–water partition coefficient (Wildman–Crippen LogP) is 7.39. The van der Waals surface area contributed by atoms with E-state index >= 15 is 0 Å². The maximum Gasteiger partial charge on any atom is 0.0664 e. The third-order valence-corrected chi connectivity index (χ3v) is 5.48. The van der Waals surface area contributed by atoms with Crippen LogP contribution in [0.3, 0.4) is 0 Å². The fourth-order valence-corrected chi connectivity index (χ4v) is 3.61. The molecule has 0 aromatic heterocycles. The molecule has 0 spiro atoms. The summed E-state index contributed by atoms with van der Waals surface area (Å²) in [6, 6.07) is 0. The Bertz CT molecular complexity index is 244. The highest BCUT2D eigenvalue weighted by Gasteiger charge is 2.01. The van der Waals surface area contributed by atoms with E-state index in [9.17, 15) is 5.11 Å². The van der Waals surface area contributed by atoms with Crippen molar-refractivity contribution in [1.82, 2.24) is 5.32 Å². The van der Waals surface area contributed by atoms with Gasteiger partial charge in [0.25, 0.3) is 0 Å². The average Bonchev–Trinajstić information content (AvgIpc) is 2.65. The van der Waals surface area contributed by atoms with Crippen molar-refractivity contribution < 1.29 is 5.11 Å². The maximum absolute atomic E-state index is 9.75. The van der Waals surface area contributed by atoms with Crippen LogP contribution < -0.4 is 5.32 Å². The fourth-order valence-electron chi connectivity index (χ4n) is 3.61. The first-order chi connectivity index (χ1) is 12.8. The van der Waals surface area contributed by atoms with Gasteiger partial charge in [-0.3, -0.25) is 0 Å². The second-order valence-corrected chi connectivity index (χ2v) is 8.30. The second kappa shape index (κ2) is 23.0. The molecule has 0 aliphatic rings. The lowest BCUT2D eigenvalue weighted by molar-refractivity contribution is 0.158. The largest absolute Gasteiger partial charge is 0.392 e. The zero-order valence-electron chi connectivity index (χ0n) is 18.4. The Morgan fingerprint density at radius 3 is 1.35 bits per heavy atom. The van der Waals surface area contributed by atoms with E-state index in [1.807, 2.05) is 0 Å². The van der Waals surface area contributed by atoms with Gasteiger partial charge in [0.2, 0.25) is 0 Å². The summed E-state index contributed by atoms with van der Waals surface area (Å²) in [7, 11) is 0. The Morgan fingerprint density at radius 2 is 0.923 bits per heavy atom. The monoisotopic (exact) mass is 369 g/mol. The molecule has 0 saturated carbocycles. The Balaban J connectivity index is 3.03. The lowest BCUT2D eigenvalue weighted by Crippen LogP contribution is -2.27. The van der Waals surface area contributed by atoms with Crippen LogP contribution in [0.4, 0.5) is 0 Å². The van der Waals surface area contributed by atoms with Crippen LogP contribution in [-0.4, -0.2) is 24.3 Å². The number of hydrogen-bond acceptors (Lipinski definition) is 2. The first-order valence-corrected chi connectivity index (χ1v) is 12.2. The molecule has 0 amide bonds. The average molecular weight is 370 g/mol. The Labute approximate surface area is 165 Å². The van der Waals surface area contributed by atoms with Gasteiger partial charge in [-0.05, 0) is 19.4 Å². The number of rotatable bonds is 22. The van der Waals surface area contributed by atoms with E-state index < -0.39 is 0 Å². The molecule has 0 aliphatic heterocycles. The van der Waals surface area contributed by atoms with Gasteiger partial charge in [-0.15, -0.1) is 0 Å². The van der Waals surface area contributed by atoms with Crippen LogP contribution >= 0.6 is 0 Å². The lowest BCUT2D eigenvalue weighted by atomic mass is 10.0. The van der Waals surface area contributed by atoms with Crippen molar-refractivity contribution in [2.45, 2.75) is 142 Å². The van der Waals surface area contributed by atoms with E-state index in [0.29, 0.717) is 0 Å². The third kappa shape index (κ3) is 22.0. The molecule has 0 aliphatic carbocycles. The van der Waals surface area contributed by atoms with Gasteiger partial charge >= 0.3 is 0 Å².